The highest BCUT2D eigenvalue weighted by molar-refractivity contribution is 7.91. The first-order valence-corrected chi connectivity index (χ1v) is 7.45. The van der Waals surface area contributed by atoms with Crippen molar-refractivity contribution in [1.82, 2.24) is 5.32 Å². The summed E-state index contributed by atoms with van der Waals surface area (Å²) in [6, 6.07) is 4.23. The van der Waals surface area contributed by atoms with E-state index in [4.69, 9.17) is 0 Å². The van der Waals surface area contributed by atoms with Crippen LogP contribution < -0.4 is 10.6 Å². The molecule has 0 saturated carbocycles. The predicted octanol–water partition coefficient (Wildman–Crippen LogP) is 2.46. The highest BCUT2D eigenvalue weighted by Crippen LogP contribution is 2.21. The van der Waals surface area contributed by atoms with Crippen LogP contribution in [0, 0.1) is 5.92 Å². The molecule has 0 aliphatic heterocycles. The molecule has 0 radical (unpaired) electrons. The number of benzene rings is 1. The summed E-state index contributed by atoms with van der Waals surface area (Å²) in [6.07, 6.45) is 0. The fraction of sp³-hybridized carbons (Fsp3) is 0.417. The summed E-state index contributed by atoms with van der Waals surface area (Å²) in [5.74, 6) is -3.24. The van der Waals surface area contributed by atoms with Crippen LogP contribution in [-0.4, -0.2) is 26.8 Å². The van der Waals surface area contributed by atoms with Crippen LogP contribution in [0.4, 0.5) is 19.3 Å². The quantitative estimate of drug-likeness (QED) is 0.877. The minimum Gasteiger partial charge on any atom is -0.338 e. The molecule has 0 aliphatic rings. The first-order chi connectivity index (χ1) is 9.23. The molecule has 0 aromatic heterocycles. The van der Waals surface area contributed by atoms with Gasteiger partial charge in [-0.2, -0.15) is 8.78 Å². The van der Waals surface area contributed by atoms with E-state index in [1.165, 1.54) is 12.1 Å². The molecule has 112 valence electrons. The fourth-order valence-corrected chi connectivity index (χ4v) is 2.09. The molecule has 0 aliphatic carbocycles. The summed E-state index contributed by atoms with van der Waals surface area (Å²) in [6.45, 7) is 4.27. The van der Waals surface area contributed by atoms with Gasteiger partial charge in [0, 0.05) is 12.2 Å². The second-order valence-corrected chi connectivity index (χ2v) is 6.48. The van der Waals surface area contributed by atoms with Crippen LogP contribution in [0.15, 0.2) is 29.2 Å². The molecule has 2 amide bonds. The molecule has 5 nitrogen and oxygen atoms in total. The maximum atomic E-state index is 12.4. The van der Waals surface area contributed by atoms with Crippen molar-refractivity contribution in [2.75, 3.05) is 11.9 Å². The van der Waals surface area contributed by atoms with Gasteiger partial charge in [-0.05, 0) is 24.1 Å². The summed E-state index contributed by atoms with van der Waals surface area (Å²) in [7, 11) is -4.67. The number of hydrogen-bond acceptors (Lipinski definition) is 3. The first-order valence-electron chi connectivity index (χ1n) is 5.90. The van der Waals surface area contributed by atoms with Gasteiger partial charge in [0.15, 0.2) is 0 Å². The molecule has 2 N–H and O–H groups in total. The Kier molecular flexibility index (Phi) is 5.43. The van der Waals surface area contributed by atoms with Crippen molar-refractivity contribution in [1.29, 1.82) is 0 Å². The van der Waals surface area contributed by atoms with E-state index in [-0.39, 0.29) is 11.6 Å². The Balaban J connectivity index is 2.82. The topological polar surface area (TPSA) is 75.3 Å². The van der Waals surface area contributed by atoms with E-state index in [9.17, 15) is 22.0 Å². The zero-order chi connectivity index (χ0) is 15.3. The maximum absolute atomic E-state index is 12.4. The van der Waals surface area contributed by atoms with Gasteiger partial charge in [0.1, 0.15) is 0 Å². The van der Waals surface area contributed by atoms with E-state index in [0.717, 1.165) is 12.1 Å². The fourth-order valence-electron chi connectivity index (χ4n) is 1.33. The Bertz CT molecular complexity index is 574. The van der Waals surface area contributed by atoms with E-state index in [1.807, 2.05) is 13.8 Å². The smallest absolute Gasteiger partial charge is 0.338 e. The van der Waals surface area contributed by atoms with E-state index < -0.39 is 26.5 Å². The van der Waals surface area contributed by atoms with Gasteiger partial charge in [0.2, 0.25) is 9.84 Å². The standard InChI is InChI=1S/C12H16F2N2O3S/c1-8(2)7-15-12(17)16-9-4-3-5-10(6-9)20(18,19)11(13)14/h3-6,8,11H,7H2,1-2H3,(H2,15,16,17). The van der Waals surface area contributed by atoms with Crippen LogP contribution in [0.3, 0.4) is 0 Å². The highest BCUT2D eigenvalue weighted by atomic mass is 32.2. The number of rotatable bonds is 5. The van der Waals surface area contributed by atoms with Crippen LogP contribution in [0.2, 0.25) is 0 Å². The Morgan fingerprint density at radius 3 is 2.50 bits per heavy atom. The lowest BCUT2D eigenvalue weighted by atomic mass is 10.2. The van der Waals surface area contributed by atoms with Crippen molar-refractivity contribution in [2.24, 2.45) is 5.92 Å². The molecule has 0 bridgehead atoms. The number of carbonyl (C=O) groups excluding carboxylic acids is 1. The Labute approximate surface area is 116 Å². The molecule has 0 spiro atoms. The molecule has 0 heterocycles. The lowest BCUT2D eigenvalue weighted by Gasteiger charge is -2.10. The molecule has 1 aromatic rings. The Hall–Kier alpha value is -1.70. The average molecular weight is 306 g/mol. The monoisotopic (exact) mass is 306 g/mol. The molecule has 0 saturated heterocycles. The third-order valence-corrected chi connectivity index (χ3v) is 3.71. The maximum Gasteiger partial charge on any atom is 0.341 e. The second kappa shape index (κ2) is 6.65. The SMILES string of the molecule is CC(C)CNC(=O)Nc1cccc(S(=O)(=O)C(F)F)c1. The van der Waals surface area contributed by atoms with Crippen molar-refractivity contribution < 1.29 is 22.0 Å². The van der Waals surface area contributed by atoms with Gasteiger partial charge in [-0.15, -0.1) is 0 Å². The van der Waals surface area contributed by atoms with Crippen LogP contribution in [0.25, 0.3) is 0 Å². The molecular weight excluding hydrogens is 290 g/mol. The minimum atomic E-state index is -4.67. The van der Waals surface area contributed by atoms with Crippen molar-refractivity contribution in [3.8, 4) is 0 Å². The zero-order valence-corrected chi connectivity index (χ0v) is 11.9. The molecule has 0 fully saturated rings. The van der Waals surface area contributed by atoms with Gasteiger partial charge >= 0.3 is 11.8 Å². The van der Waals surface area contributed by atoms with Crippen LogP contribution in [0.5, 0.6) is 0 Å². The number of anilines is 1. The summed E-state index contributed by atoms with van der Waals surface area (Å²) >= 11 is 0. The first kappa shape index (κ1) is 16.4. The molecule has 20 heavy (non-hydrogen) atoms. The summed E-state index contributed by atoms with van der Waals surface area (Å²) in [4.78, 5) is 11.0. The van der Waals surface area contributed by atoms with Gasteiger partial charge in [0.25, 0.3) is 0 Å². The highest BCUT2D eigenvalue weighted by Gasteiger charge is 2.26. The van der Waals surface area contributed by atoms with E-state index in [1.54, 1.807) is 0 Å². The molecule has 0 unspecified atom stereocenters. The van der Waals surface area contributed by atoms with E-state index in [2.05, 4.69) is 10.6 Å². The Morgan fingerprint density at radius 2 is 1.95 bits per heavy atom. The van der Waals surface area contributed by atoms with Gasteiger partial charge in [0.05, 0.1) is 4.90 Å². The van der Waals surface area contributed by atoms with Crippen molar-refractivity contribution in [2.45, 2.75) is 24.5 Å². The molecule has 1 aromatic carbocycles. The van der Waals surface area contributed by atoms with Crippen LogP contribution >= 0.6 is 0 Å². The van der Waals surface area contributed by atoms with Gasteiger partial charge in [-0.25, -0.2) is 13.2 Å². The molecule has 8 heteroatoms. The number of sulfone groups is 1. The summed E-state index contributed by atoms with van der Waals surface area (Å²) in [5, 5.41) is 4.95. The van der Waals surface area contributed by atoms with E-state index in [0.29, 0.717) is 6.54 Å². The Morgan fingerprint density at radius 1 is 1.30 bits per heavy atom. The number of halogens is 2. The number of urea groups is 1. The largest absolute Gasteiger partial charge is 0.341 e. The summed E-state index contributed by atoms with van der Waals surface area (Å²) < 4.78 is 47.4. The number of carbonyl (C=O) groups is 1. The van der Waals surface area contributed by atoms with Crippen LogP contribution in [0.1, 0.15) is 13.8 Å². The predicted molar refractivity (Wildman–Crippen MR) is 71.5 cm³/mol. The molecule has 1 rings (SSSR count). The third-order valence-electron chi connectivity index (χ3n) is 2.33. The summed E-state index contributed by atoms with van der Waals surface area (Å²) in [5.41, 5.74) is 0.132. The second-order valence-electron chi connectivity index (χ2n) is 4.56. The molecular formula is C12H16F2N2O3S. The van der Waals surface area contributed by atoms with Crippen molar-refractivity contribution in [3.63, 3.8) is 0 Å². The van der Waals surface area contributed by atoms with Crippen molar-refractivity contribution >= 4 is 21.6 Å². The minimum absolute atomic E-state index is 0.132. The number of nitrogens with one attached hydrogen (secondary N) is 2. The van der Waals surface area contributed by atoms with E-state index >= 15 is 0 Å². The zero-order valence-electron chi connectivity index (χ0n) is 11.1. The van der Waals surface area contributed by atoms with Crippen molar-refractivity contribution in [3.05, 3.63) is 24.3 Å². The lowest BCUT2D eigenvalue weighted by molar-refractivity contribution is 0.235. The third kappa shape index (κ3) is 4.44. The van der Waals surface area contributed by atoms with Gasteiger partial charge in [-0.3, -0.25) is 0 Å². The lowest BCUT2D eigenvalue weighted by Crippen LogP contribution is -2.31. The number of alkyl halides is 2. The normalized spacial score (nSPS) is 11.7. The van der Waals surface area contributed by atoms with Gasteiger partial charge < -0.3 is 10.6 Å². The van der Waals surface area contributed by atoms with Crippen LogP contribution in [-0.2, 0) is 9.84 Å². The molecule has 0 atom stereocenters. The average Bonchev–Trinajstić information content (AvgIpc) is 2.36. The number of amides is 2. The number of hydrogen-bond donors (Lipinski definition) is 2. The van der Waals surface area contributed by atoms with Gasteiger partial charge in [-0.1, -0.05) is 19.9 Å².